The summed E-state index contributed by atoms with van der Waals surface area (Å²) in [5, 5.41) is 28.8. The van der Waals surface area contributed by atoms with E-state index in [0.29, 0.717) is 6.61 Å². The summed E-state index contributed by atoms with van der Waals surface area (Å²) in [6.45, 7) is 2.71. The third-order valence-corrected chi connectivity index (χ3v) is 6.22. The first-order chi connectivity index (χ1) is 15.2. The van der Waals surface area contributed by atoms with Crippen molar-refractivity contribution in [2.75, 3.05) is 19.8 Å². The van der Waals surface area contributed by atoms with Crippen LogP contribution in [0.25, 0.3) is 0 Å². The molecule has 3 N–H and O–H groups in total. The van der Waals surface area contributed by atoms with Crippen molar-refractivity contribution >= 4 is 0 Å². The van der Waals surface area contributed by atoms with Gasteiger partial charge in [-0.25, -0.2) is 0 Å². The molecule has 5 heteroatoms. The fourth-order valence-corrected chi connectivity index (χ4v) is 4.14. The Morgan fingerprint density at radius 2 is 1.32 bits per heavy atom. The van der Waals surface area contributed by atoms with Crippen LogP contribution in [0.2, 0.25) is 0 Å². The van der Waals surface area contributed by atoms with Gasteiger partial charge in [-0.05, 0) is 32.1 Å². The van der Waals surface area contributed by atoms with Crippen molar-refractivity contribution in [3.8, 4) is 0 Å². The quantitative estimate of drug-likeness (QED) is 0.166. The van der Waals surface area contributed by atoms with Gasteiger partial charge in [0.25, 0.3) is 0 Å². The number of allylic oxidation sites excluding steroid dienone is 2. The highest BCUT2D eigenvalue weighted by Gasteiger charge is 2.40. The van der Waals surface area contributed by atoms with Crippen LogP contribution < -0.4 is 0 Å². The second-order valence-corrected chi connectivity index (χ2v) is 9.09. The Labute approximate surface area is 191 Å². The first kappa shape index (κ1) is 28.6. The molecule has 1 saturated heterocycles. The van der Waals surface area contributed by atoms with Crippen LogP contribution in [0.1, 0.15) is 110 Å². The predicted molar refractivity (Wildman–Crippen MR) is 127 cm³/mol. The van der Waals surface area contributed by atoms with E-state index in [2.05, 4.69) is 19.1 Å². The maximum Gasteiger partial charge on any atom is 0.114 e. The van der Waals surface area contributed by atoms with Crippen molar-refractivity contribution in [3.05, 3.63) is 12.2 Å². The Balaban J connectivity index is 1.80. The van der Waals surface area contributed by atoms with Crippen LogP contribution in [0.3, 0.4) is 0 Å². The number of rotatable bonds is 21. The van der Waals surface area contributed by atoms with Crippen molar-refractivity contribution in [2.24, 2.45) is 0 Å². The average Bonchev–Trinajstić information content (AvgIpc) is 3.11. The average molecular weight is 443 g/mol. The molecule has 0 radical (unpaired) electrons. The maximum absolute atomic E-state index is 9.85. The minimum atomic E-state index is -0.977. The van der Waals surface area contributed by atoms with Crippen molar-refractivity contribution in [3.63, 3.8) is 0 Å². The van der Waals surface area contributed by atoms with Crippen molar-refractivity contribution in [1.29, 1.82) is 0 Å². The molecule has 4 atom stereocenters. The number of unbranched alkanes of at least 4 members (excludes halogenated alkanes) is 14. The monoisotopic (exact) mass is 442 g/mol. The fraction of sp³-hybridized carbons (Fsp3) is 0.923. The zero-order valence-electron chi connectivity index (χ0n) is 20.1. The fourth-order valence-electron chi connectivity index (χ4n) is 4.14. The van der Waals surface area contributed by atoms with Gasteiger partial charge in [0.1, 0.15) is 24.4 Å². The van der Waals surface area contributed by atoms with E-state index in [9.17, 15) is 15.3 Å². The van der Waals surface area contributed by atoms with Gasteiger partial charge in [-0.2, -0.15) is 0 Å². The van der Waals surface area contributed by atoms with Gasteiger partial charge in [-0.3, -0.25) is 0 Å². The van der Waals surface area contributed by atoms with Crippen LogP contribution in [-0.4, -0.2) is 59.6 Å². The predicted octanol–water partition coefficient (Wildman–Crippen LogP) is 5.30. The molecule has 1 aliphatic rings. The smallest absolute Gasteiger partial charge is 0.114 e. The summed E-state index contributed by atoms with van der Waals surface area (Å²) in [6.07, 6.45) is 22.3. The van der Waals surface area contributed by atoms with Gasteiger partial charge in [-0.1, -0.05) is 89.7 Å². The Morgan fingerprint density at radius 3 is 1.81 bits per heavy atom. The molecule has 0 saturated carbocycles. The molecule has 0 amide bonds. The molecule has 184 valence electrons. The first-order valence-corrected chi connectivity index (χ1v) is 13.1. The van der Waals surface area contributed by atoms with Crippen molar-refractivity contribution in [1.82, 2.24) is 0 Å². The molecular weight excluding hydrogens is 392 g/mol. The molecule has 1 heterocycles. The molecule has 5 nitrogen and oxygen atoms in total. The number of hydrogen-bond acceptors (Lipinski definition) is 5. The van der Waals surface area contributed by atoms with Crippen molar-refractivity contribution in [2.45, 2.75) is 134 Å². The molecule has 0 aromatic carbocycles. The summed E-state index contributed by atoms with van der Waals surface area (Å²) in [5.41, 5.74) is 0. The van der Waals surface area contributed by atoms with Gasteiger partial charge in [0.15, 0.2) is 0 Å². The summed E-state index contributed by atoms with van der Waals surface area (Å²) in [6, 6.07) is 0. The molecule has 31 heavy (non-hydrogen) atoms. The van der Waals surface area contributed by atoms with E-state index in [-0.39, 0.29) is 13.2 Å². The Hall–Kier alpha value is -0.460. The third-order valence-electron chi connectivity index (χ3n) is 6.22. The van der Waals surface area contributed by atoms with E-state index in [1.54, 1.807) is 0 Å². The summed E-state index contributed by atoms with van der Waals surface area (Å²) >= 11 is 0. The lowest BCUT2D eigenvalue weighted by Gasteiger charge is -2.24. The first-order valence-electron chi connectivity index (χ1n) is 13.1. The number of aliphatic hydroxyl groups is 3. The molecule has 0 unspecified atom stereocenters. The summed E-state index contributed by atoms with van der Waals surface area (Å²) in [4.78, 5) is 0. The summed E-state index contributed by atoms with van der Waals surface area (Å²) in [7, 11) is 0. The Kier molecular flexibility index (Phi) is 18.6. The molecule has 0 aromatic heterocycles. The highest BCUT2D eigenvalue weighted by Crippen LogP contribution is 2.20. The van der Waals surface area contributed by atoms with E-state index in [0.717, 1.165) is 12.8 Å². The lowest BCUT2D eigenvalue weighted by atomic mass is 10.0. The van der Waals surface area contributed by atoms with Crippen LogP contribution in [0.5, 0.6) is 0 Å². The maximum atomic E-state index is 9.85. The lowest BCUT2D eigenvalue weighted by Crippen LogP contribution is -2.42. The van der Waals surface area contributed by atoms with Crippen molar-refractivity contribution < 1.29 is 24.8 Å². The van der Waals surface area contributed by atoms with Gasteiger partial charge in [0, 0.05) is 6.61 Å². The highest BCUT2D eigenvalue weighted by molar-refractivity contribution is 4.88. The topological polar surface area (TPSA) is 79.2 Å². The van der Waals surface area contributed by atoms with Gasteiger partial charge in [0.2, 0.25) is 0 Å². The third kappa shape index (κ3) is 14.3. The molecule has 0 aliphatic carbocycles. The zero-order chi connectivity index (χ0) is 22.6. The van der Waals surface area contributed by atoms with Gasteiger partial charge in [0.05, 0.1) is 13.2 Å². The normalized spacial score (nSPS) is 22.5. The van der Waals surface area contributed by atoms with Crippen LogP contribution in [0, 0.1) is 0 Å². The highest BCUT2D eigenvalue weighted by atomic mass is 16.6. The minimum Gasteiger partial charge on any atom is -0.394 e. The second kappa shape index (κ2) is 20.2. The SMILES string of the molecule is CCCCC/C=C/CCCCCCCCCCCCCO[C@@H](CO)[C@@H]1OC[C@@H](O)[C@@H]1O. The van der Waals surface area contributed by atoms with E-state index in [1.165, 1.54) is 89.9 Å². The molecule has 0 spiro atoms. The van der Waals surface area contributed by atoms with Crippen LogP contribution in [0.4, 0.5) is 0 Å². The Morgan fingerprint density at radius 1 is 0.806 bits per heavy atom. The van der Waals surface area contributed by atoms with Gasteiger partial charge >= 0.3 is 0 Å². The van der Waals surface area contributed by atoms with Gasteiger partial charge in [-0.15, -0.1) is 0 Å². The van der Waals surface area contributed by atoms with Crippen LogP contribution >= 0.6 is 0 Å². The molecule has 1 aliphatic heterocycles. The molecule has 0 aromatic rings. The van der Waals surface area contributed by atoms with E-state index in [1.807, 2.05) is 0 Å². The lowest BCUT2D eigenvalue weighted by molar-refractivity contribution is -0.101. The Bertz CT molecular complexity index is 415. The van der Waals surface area contributed by atoms with E-state index in [4.69, 9.17) is 9.47 Å². The zero-order valence-corrected chi connectivity index (χ0v) is 20.1. The minimum absolute atomic E-state index is 0.0994. The van der Waals surface area contributed by atoms with Crippen LogP contribution in [-0.2, 0) is 9.47 Å². The molecule has 1 fully saturated rings. The number of ether oxygens (including phenoxy) is 2. The molecule has 0 bridgehead atoms. The molecular formula is C26H50O5. The summed E-state index contributed by atoms with van der Waals surface area (Å²) < 4.78 is 11.0. The van der Waals surface area contributed by atoms with Gasteiger partial charge < -0.3 is 24.8 Å². The van der Waals surface area contributed by atoms with E-state index >= 15 is 0 Å². The summed E-state index contributed by atoms with van der Waals surface area (Å²) in [5.74, 6) is 0. The standard InChI is InChI=1S/C26H50O5/c1-2-3-4-5-6-7-8-9-10-11-12-13-14-15-16-17-18-19-20-30-24(21-27)26-25(29)23(28)22-31-26/h6-7,23-29H,2-5,8-22H2,1H3/b7-6+/t23-,24+,25+,26+/m1/s1. The second-order valence-electron chi connectivity index (χ2n) is 9.09. The number of aliphatic hydroxyl groups excluding tert-OH is 3. The number of hydrogen-bond donors (Lipinski definition) is 3. The van der Waals surface area contributed by atoms with Crippen LogP contribution in [0.15, 0.2) is 12.2 Å². The largest absolute Gasteiger partial charge is 0.394 e. The van der Waals surface area contributed by atoms with E-state index < -0.39 is 24.4 Å². The molecule has 1 rings (SSSR count).